The molecule has 0 saturated heterocycles. The number of rotatable bonds is 0. The zero-order chi connectivity index (χ0) is 8.98. The number of aliphatic hydroxyl groups is 1. The summed E-state index contributed by atoms with van der Waals surface area (Å²) >= 11 is 0. The van der Waals surface area contributed by atoms with Crippen molar-refractivity contribution in [2.75, 3.05) is 0 Å². The Morgan fingerprint density at radius 3 is 1.83 bits per heavy atom. The zero-order valence-electron chi connectivity index (χ0n) is 8.43. The lowest BCUT2D eigenvalue weighted by Crippen LogP contribution is -2.31. The molecule has 2 atom stereocenters. The molecule has 0 amide bonds. The quantitative estimate of drug-likeness (QED) is 0.589. The van der Waals surface area contributed by atoms with Crippen LogP contribution in [0.5, 0.6) is 0 Å². The van der Waals surface area contributed by atoms with Crippen LogP contribution in [0.2, 0.25) is 0 Å². The van der Waals surface area contributed by atoms with E-state index in [9.17, 15) is 5.11 Å². The van der Waals surface area contributed by atoms with Crippen molar-refractivity contribution >= 4 is 0 Å². The molecular formula is C11H20O. The van der Waals surface area contributed by atoms with Gasteiger partial charge < -0.3 is 5.11 Å². The van der Waals surface area contributed by atoms with E-state index in [1.165, 1.54) is 25.7 Å². The molecule has 0 spiro atoms. The smallest absolute Gasteiger partial charge is 0.0759 e. The maximum atomic E-state index is 10.4. The van der Waals surface area contributed by atoms with Crippen LogP contribution < -0.4 is 0 Å². The van der Waals surface area contributed by atoms with Gasteiger partial charge in [-0.1, -0.05) is 33.6 Å². The minimum absolute atomic E-state index is 0.0900. The molecule has 0 radical (unpaired) electrons. The van der Waals surface area contributed by atoms with Gasteiger partial charge in [0.05, 0.1) is 5.60 Å². The van der Waals surface area contributed by atoms with Crippen LogP contribution in [0, 0.1) is 17.3 Å². The van der Waals surface area contributed by atoms with E-state index in [0.29, 0.717) is 11.8 Å². The molecule has 1 N–H and O–H groups in total. The summed E-state index contributed by atoms with van der Waals surface area (Å²) in [6.45, 7) is 6.52. The number of fused-ring (bicyclic) bond motifs is 1. The Morgan fingerprint density at radius 2 is 1.50 bits per heavy atom. The van der Waals surface area contributed by atoms with Gasteiger partial charge in [-0.25, -0.2) is 0 Å². The summed E-state index contributed by atoms with van der Waals surface area (Å²) in [6.07, 6.45) is 5.19. The fraction of sp³-hybridized carbons (Fsp3) is 1.00. The first-order valence-corrected chi connectivity index (χ1v) is 5.20. The lowest BCUT2D eigenvalue weighted by molar-refractivity contribution is 0.0106. The van der Waals surface area contributed by atoms with Crippen molar-refractivity contribution in [3.05, 3.63) is 0 Å². The van der Waals surface area contributed by atoms with Gasteiger partial charge in [-0.15, -0.1) is 0 Å². The maximum absolute atomic E-state index is 10.4. The Labute approximate surface area is 75.2 Å². The van der Waals surface area contributed by atoms with Crippen LogP contribution in [0.4, 0.5) is 0 Å². The first-order valence-electron chi connectivity index (χ1n) is 5.20. The predicted molar refractivity (Wildman–Crippen MR) is 49.9 cm³/mol. The fourth-order valence-corrected chi connectivity index (χ4v) is 3.20. The maximum Gasteiger partial charge on any atom is 0.0759 e. The highest BCUT2D eigenvalue weighted by Gasteiger charge is 2.68. The highest BCUT2D eigenvalue weighted by Crippen LogP contribution is 2.65. The van der Waals surface area contributed by atoms with Crippen molar-refractivity contribution in [3.8, 4) is 0 Å². The highest BCUT2D eigenvalue weighted by atomic mass is 16.3. The molecule has 2 saturated carbocycles. The topological polar surface area (TPSA) is 20.2 Å². The van der Waals surface area contributed by atoms with E-state index in [-0.39, 0.29) is 11.0 Å². The summed E-state index contributed by atoms with van der Waals surface area (Å²) < 4.78 is 0. The molecular weight excluding hydrogens is 148 g/mol. The second-order valence-corrected chi connectivity index (χ2v) is 5.57. The molecule has 2 unspecified atom stereocenters. The minimum atomic E-state index is -0.316. The molecule has 0 aromatic carbocycles. The zero-order valence-corrected chi connectivity index (χ0v) is 8.43. The van der Waals surface area contributed by atoms with Gasteiger partial charge in [-0.05, 0) is 30.1 Å². The third-order valence-corrected chi connectivity index (χ3v) is 3.99. The summed E-state index contributed by atoms with van der Waals surface area (Å²) in [5.41, 5.74) is -0.226. The van der Waals surface area contributed by atoms with Gasteiger partial charge >= 0.3 is 0 Å². The van der Waals surface area contributed by atoms with Gasteiger partial charge in [0.15, 0.2) is 0 Å². The van der Waals surface area contributed by atoms with Crippen LogP contribution in [0.15, 0.2) is 0 Å². The standard InChI is InChI=1S/C11H20O/c1-10(2,3)11(12)8-6-4-5-7-9(8)11/h8-9,12H,4-7H2,1-3H3. The van der Waals surface area contributed by atoms with Crippen LogP contribution in [0.3, 0.4) is 0 Å². The van der Waals surface area contributed by atoms with Gasteiger partial charge in [-0.2, -0.15) is 0 Å². The predicted octanol–water partition coefficient (Wildman–Crippen LogP) is 2.58. The van der Waals surface area contributed by atoms with Crippen LogP contribution in [0.1, 0.15) is 46.5 Å². The molecule has 2 rings (SSSR count). The Bertz CT molecular complexity index is 178. The molecule has 2 fully saturated rings. The third-order valence-electron chi connectivity index (χ3n) is 3.99. The highest BCUT2D eigenvalue weighted by molar-refractivity contribution is 5.18. The molecule has 2 aliphatic rings. The Hall–Kier alpha value is -0.0400. The van der Waals surface area contributed by atoms with Crippen molar-refractivity contribution in [2.24, 2.45) is 17.3 Å². The minimum Gasteiger partial charge on any atom is -0.389 e. The van der Waals surface area contributed by atoms with E-state index >= 15 is 0 Å². The van der Waals surface area contributed by atoms with Gasteiger partial charge in [0.25, 0.3) is 0 Å². The second-order valence-electron chi connectivity index (χ2n) is 5.57. The molecule has 70 valence electrons. The first kappa shape index (κ1) is 8.55. The van der Waals surface area contributed by atoms with Gasteiger partial charge in [0, 0.05) is 0 Å². The molecule has 0 bridgehead atoms. The van der Waals surface area contributed by atoms with Gasteiger partial charge in [0.2, 0.25) is 0 Å². The molecule has 2 aliphatic carbocycles. The number of hydrogen-bond acceptors (Lipinski definition) is 1. The largest absolute Gasteiger partial charge is 0.389 e. The van der Waals surface area contributed by atoms with E-state index in [1.54, 1.807) is 0 Å². The van der Waals surface area contributed by atoms with Crippen molar-refractivity contribution in [2.45, 2.75) is 52.1 Å². The van der Waals surface area contributed by atoms with Crippen LogP contribution in [-0.4, -0.2) is 10.7 Å². The summed E-state index contributed by atoms with van der Waals surface area (Å²) in [5, 5.41) is 10.4. The van der Waals surface area contributed by atoms with E-state index in [0.717, 1.165) is 0 Å². The SMILES string of the molecule is CC(C)(C)C1(O)C2CCCCC21. The Morgan fingerprint density at radius 1 is 1.08 bits per heavy atom. The first-order chi connectivity index (χ1) is 5.48. The second kappa shape index (κ2) is 2.25. The number of hydrogen-bond donors (Lipinski definition) is 1. The molecule has 1 heteroatoms. The molecule has 0 aromatic heterocycles. The van der Waals surface area contributed by atoms with Crippen molar-refractivity contribution in [1.29, 1.82) is 0 Å². The van der Waals surface area contributed by atoms with E-state index in [1.807, 2.05) is 0 Å². The van der Waals surface area contributed by atoms with E-state index < -0.39 is 0 Å². The lowest BCUT2D eigenvalue weighted by Gasteiger charge is -2.27. The van der Waals surface area contributed by atoms with E-state index in [4.69, 9.17) is 0 Å². The Balaban J connectivity index is 2.15. The average molecular weight is 168 g/mol. The monoisotopic (exact) mass is 168 g/mol. The summed E-state index contributed by atoms with van der Waals surface area (Å²) in [7, 11) is 0. The van der Waals surface area contributed by atoms with Crippen LogP contribution in [0.25, 0.3) is 0 Å². The Kier molecular flexibility index (Phi) is 1.61. The summed E-state index contributed by atoms with van der Waals surface area (Å²) in [4.78, 5) is 0. The fourth-order valence-electron chi connectivity index (χ4n) is 3.20. The summed E-state index contributed by atoms with van der Waals surface area (Å²) in [6, 6.07) is 0. The molecule has 0 aromatic rings. The lowest BCUT2D eigenvalue weighted by atomic mass is 9.84. The molecule has 0 aliphatic heterocycles. The summed E-state index contributed by atoms with van der Waals surface area (Å²) in [5.74, 6) is 1.26. The third kappa shape index (κ3) is 0.891. The van der Waals surface area contributed by atoms with Crippen molar-refractivity contribution in [1.82, 2.24) is 0 Å². The van der Waals surface area contributed by atoms with Crippen LogP contribution >= 0.6 is 0 Å². The molecule has 12 heavy (non-hydrogen) atoms. The molecule has 0 heterocycles. The molecule has 1 nitrogen and oxygen atoms in total. The van der Waals surface area contributed by atoms with E-state index in [2.05, 4.69) is 20.8 Å². The van der Waals surface area contributed by atoms with Crippen molar-refractivity contribution in [3.63, 3.8) is 0 Å². The average Bonchev–Trinajstić information content (AvgIpc) is 2.59. The van der Waals surface area contributed by atoms with Crippen LogP contribution in [-0.2, 0) is 0 Å². The van der Waals surface area contributed by atoms with Gasteiger partial charge in [0.1, 0.15) is 0 Å². The van der Waals surface area contributed by atoms with Gasteiger partial charge in [-0.3, -0.25) is 0 Å². The normalized spacial score (nSPS) is 47.0. The van der Waals surface area contributed by atoms with Crippen molar-refractivity contribution < 1.29 is 5.11 Å².